The number of nitrogens with zero attached hydrogens (tertiary/aromatic N) is 2. The van der Waals surface area contributed by atoms with Crippen molar-refractivity contribution < 1.29 is 4.74 Å². The molecule has 1 radical (unpaired) electrons. The molecule has 0 N–H and O–H groups in total. The van der Waals surface area contributed by atoms with Gasteiger partial charge in [-0.05, 0) is 48.9 Å². The quantitative estimate of drug-likeness (QED) is 0.341. The van der Waals surface area contributed by atoms with Crippen molar-refractivity contribution >= 4 is 45.5 Å². The Morgan fingerprint density at radius 2 is 1.83 bits per heavy atom. The number of anilines is 2. The summed E-state index contributed by atoms with van der Waals surface area (Å²) in [4.78, 5) is 6.73. The van der Waals surface area contributed by atoms with Gasteiger partial charge < -0.3 is 9.64 Å². The largest absolute Gasteiger partial charge is 0.476 e. The standard InChI is InChI=1S/C24H19Cl2N2O/c1-3-29-24-23(28(2)17-9-5-4-6-10-17)22(26)19-15-16(13-14-21(19)27-24)18-11-7-8-12-20(18)25/h4-10,12-15H,3H2,1-2H3. The Morgan fingerprint density at radius 1 is 1.03 bits per heavy atom. The third-order valence-electron chi connectivity index (χ3n) is 4.72. The first kappa shape index (κ1) is 19.6. The van der Waals surface area contributed by atoms with Gasteiger partial charge in [-0.3, -0.25) is 0 Å². The number of pyridine rings is 1. The Bertz CT molecular complexity index is 1160. The van der Waals surface area contributed by atoms with Crippen LogP contribution in [-0.2, 0) is 0 Å². The molecule has 0 aliphatic heterocycles. The molecular weight excluding hydrogens is 403 g/mol. The molecule has 1 heterocycles. The number of aromatic nitrogens is 1. The molecule has 0 saturated carbocycles. The van der Waals surface area contributed by atoms with Gasteiger partial charge in [-0.2, -0.15) is 0 Å². The van der Waals surface area contributed by atoms with Gasteiger partial charge in [-0.15, -0.1) is 0 Å². The van der Waals surface area contributed by atoms with Gasteiger partial charge in [-0.1, -0.05) is 59.6 Å². The first-order valence-corrected chi connectivity index (χ1v) is 10.1. The number of hydrogen-bond donors (Lipinski definition) is 0. The summed E-state index contributed by atoms with van der Waals surface area (Å²) in [6, 6.07) is 24.7. The lowest BCUT2D eigenvalue weighted by molar-refractivity contribution is 0.329. The maximum absolute atomic E-state index is 6.92. The lowest BCUT2D eigenvalue weighted by atomic mass is 10.0. The fraction of sp³-hybridized carbons (Fsp3) is 0.125. The molecule has 0 spiro atoms. The van der Waals surface area contributed by atoms with Crippen LogP contribution >= 0.6 is 23.2 Å². The zero-order chi connectivity index (χ0) is 20.4. The SMILES string of the molecule is CCOc1nc2ccc(-c3[c]cccc3Cl)cc2c(Cl)c1N(C)c1ccccc1. The highest BCUT2D eigenvalue weighted by molar-refractivity contribution is 6.39. The molecule has 0 unspecified atom stereocenters. The molecular formula is C24H19Cl2N2O. The second-order valence-electron chi connectivity index (χ2n) is 6.53. The van der Waals surface area contributed by atoms with Crippen LogP contribution in [0.4, 0.5) is 11.4 Å². The van der Waals surface area contributed by atoms with E-state index in [0.717, 1.165) is 33.4 Å². The van der Waals surface area contributed by atoms with Crippen LogP contribution in [0.25, 0.3) is 22.0 Å². The smallest absolute Gasteiger partial charge is 0.240 e. The molecule has 0 aliphatic carbocycles. The van der Waals surface area contributed by atoms with Gasteiger partial charge in [0.05, 0.1) is 17.1 Å². The Hall–Kier alpha value is -2.75. The predicted molar refractivity (Wildman–Crippen MR) is 122 cm³/mol. The van der Waals surface area contributed by atoms with Crippen molar-refractivity contribution in [2.45, 2.75) is 6.92 Å². The van der Waals surface area contributed by atoms with Gasteiger partial charge in [0, 0.05) is 28.7 Å². The molecule has 0 atom stereocenters. The van der Waals surface area contributed by atoms with Crippen LogP contribution in [0.15, 0.2) is 66.7 Å². The third kappa shape index (κ3) is 3.76. The second kappa shape index (κ2) is 8.32. The summed E-state index contributed by atoms with van der Waals surface area (Å²) >= 11 is 13.3. The minimum Gasteiger partial charge on any atom is -0.476 e. The predicted octanol–water partition coefficient (Wildman–Crippen LogP) is 7.18. The number of hydrogen-bond acceptors (Lipinski definition) is 3. The van der Waals surface area contributed by atoms with Crippen LogP contribution < -0.4 is 9.64 Å². The van der Waals surface area contributed by atoms with Crippen LogP contribution in [0.2, 0.25) is 10.0 Å². The van der Waals surface area contributed by atoms with Crippen LogP contribution in [-0.4, -0.2) is 18.6 Å². The molecule has 145 valence electrons. The summed E-state index contributed by atoms with van der Waals surface area (Å²) in [5.41, 5.74) is 4.25. The lowest BCUT2D eigenvalue weighted by Crippen LogP contribution is -2.13. The Labute approximate surface area is 180 Å². The average Bonchev–Trinajstić information content (AvgIpc) is 2.75. The van der Waals surface area contributed by atoms with Crippen LogP contribution in [0.5, 0.6) is 5.88 Å². The average molecular weight is 422 g/mol. The normalized spacial score (nSPS) is 10.9. The molecule has 0 saturated heterocycles. The summed E-state index contributed by atoms with van der Waals surface area (Å²) in [5, 5.41) is 2.06. The highest BCUT2D eigenvalue weighted by atomic mass is 35.5. The van der Waals surface area contributed by atoms with Crippen LogP contribution in [0.1, 0.15) is 6.92 Å². The van der Waals surface area contributed by atoms with Crippen molar-refractivity contribution in [3.63, 3.8) is 0 Å². The number of para-hydroxylation sites is 1. The molecule has 4 rings (SSSR count). The molecule has 0 aliphatic rings. The van der Waals surface area contributed by atoms with Crippen molar-refractivity contribution in [1.29, 1.82) is 0 Å². The number of rotatable bonds is 5. The first-order valence-electron chi connectivity index (χ1n) is 9.31. The van der Waals surface area contributed by atoms with Crippen molar-refractivity contribution in [3.8, 4) is 17.0 Å². The van der Waals surface area contributed by atoms with Gasteiger partial charge in [0.25, 0.3) is 0 Å². The van der Waals surface area contributed by atoms with E-state index in [1.54, 1.807) is 0 Å². The van der Waals surface area contributed by atoms with Gasteiger partial charge in [0.1, 0.15) is 5.69 Å². The molecule has 0 bridgehead atoms. The lowest BCUT2D eigenvalue weighted by Gasteiger charge is -2.24. The van der Waals surface area contributed by atoms with E-state index in [4.69, 9.17) is 32.9 Å². The molecule has 1 aromatic heterocycles. The Morgan fingerprint density at radius 3 is 2.55 bits per heavy atom. The fourth-order valence-corrected chi connectivity index (χ4v) is 3.89. The van der Waals surface area contributed by atoms with Crippen molar-refractivity contribution in [1.82, 2.24) is 4.98 Å². The van der Waals surface area contributed by atoms with Crippen LogP contribution in [0.3, 0.4) is 0 Å². The van der Waals surface area contributed by atoms with E-state index in [-0.39, 0.29) is 0 Å². The molecule has 0 amide bonds. The van der Waals surface area contributed by atoms with Gasteiger partial charge in [0.15, 0.2) is 0 Å². The summed E-state index contributed by atoms with van der Waals surface area (Å²) in [7, 11) is 1.96. The topological polar surface area (TPSA) is 25.4 Å². The molecule has 29 heavy (non-hydrogen) atoms. The maximum atomic E-state index is 6.92. The van der Waals surface area contributed by atoms with E-state index in [0.29, 0.717) is 22.5 Å². The summed E-state index contributed by atoms with van der Waals surface area (Å²) in [6.07, 6.45) is 0. The highest BCUT2D eigenvalue weighted by Gasteiger charge is 2.20. The van der Waals surface area contributed by atoms with E-state index in [1.807, 2.05) is 85.6 Å². The van der Waals surface area contributed by atoms with Crippen molar-refractivity contribution in [3.05, 3.63) is 82.8 Å². The van der Waals surface area contributed by atoms with Crippen molar-refractivity contribution in [2.75, 3.05) is 18.6 Å². The number of ether oxygens (including phenoxy) is 1. The van der Waals surface area contributed by atoms with Gasteiger partial charge >= 0.3 is 0 Å². The fourth-order valence-electron chi connectivity index (χ4n) is 3.29. The van der Waals surface area contributed by atoms with E-state index in [9.17, 15) is 0 Å². The zero-order valence-corrected chi connectivity index (χ0v) is 17.6. The number of benzene rings is 3. The van der Waals surface area contributed by atoms with E-state index >= 15 is 0 Å². The third-order valence-corrected chi connectivity index (χ3v) is 5.42. The minimum absolute atomic E-state index is 0.497. The number of fused-ring (bicyclic) bond motifs is 1. The first-order chi connectivity index (χ1) is 14.1. The molecule has 4 aromatic rings. The zero-order valence-electron chi connectivity index (χ0n) is 16.1. The number of halogens is 2. The maximum Gasteiger partial charge on any atom is 0.240 e. The summed E-state index contributed by atoms with van der Waals surface area (Å²) < 4.78 is 5.84. The van der Waals surface area contributed by atoms with Gasteiger partial charge in [-0.25, -0.2) is 4.98 Å². The second-order valence-corrected chi connectivity index (χ2v) is 7.32. The molecule has 3 aromatic carbocycles. The van der Waals surface area contributed by atoms with Gasteiger partial charge in [0.2, 0.25) is 5.88 Å². The summed E-state index contributed by atoms with van der Waals surface area (Å²) in [6.45, 7) is 2.43. The van der Waals surface area contributed by atoms with E-state index in [2.05, 4.69) is 6.07 Å². The highest BCUT2D eigenvalue weighted by Crippen LogP contribution is 2.43. The summed E-state index contributed by atoms with van der Waals surface area (Å²) in [5.74, 6) is 0.508. The minimum atomic E-state index is 0.497. The molecule has 3 nitrogen and oxygen atoms in total. The monoisotopic (exact) mass is 421 g/mol. The van der Waals surface area contributed by atoms with E-state index < -0.39 is 0 Å². The Balaban J connectivity index is 1.93. The van der Waals surface area contributed by atoms with Crippen LogP contribution in [0, 0.1) is 6.07 Å². The Kier molecular flexibility index (Phi) is 5.61. The molecule has 5 heteroatoms. The van der Waals surface area contributed by atoms with Crippen molar-refractivity contribution in [2.24, 2.45) is 0 Å². The molecule has 0 fully saturated rings. The van der Waals surface area contributed by atoms with E-state index in [1.165, 1.54) is 0 Å².